The summed E-state index contributed by atoms with van der Waals surface area (Å²) < 4.78 is 57.1. The minimum absolute atomic E-state index is 0.0161. The van der Waals surface area contributed by atoms with Crippen molar-refractivity contribution in [2.75, 3.05) is 20.8 Å². The molecule has 0 N–H and O–H groups in total. The van der Waals surface area contributed by atoms with Crippen molar-refractivity contribution in [2.24, 2.45) is 5.41 Å². The minimum Gasteiger partial charge on any atom is -0.496 e. The molecule has 1 heterocycles. The van der Waals surface area contributed by atoms with Gasteiger partial charge < -0.3 is 14.2 Å². The SMILES string of the molecule is COC(=O)c1ccc(-c2ccc(OC)c(C3=C(CN4C(=O)O[C@H](c5cc(C)cc(C(F)(F)F)c5)[C@@H]4C)CC(C)(C)CC3)c2)cc1. The molecule has 0 spiro atoms. The predicted molar refractivity (Wildman–Crippen MR) is 166 cm³/mol. The highest BCUT2D eigenvalue weighted by Gasteiger charge is 2.42. The Labute approximate surface area is 261 Å². The van der Waals surface area contributed by atoms with Gasteiger partial charge in [0.05, 0.1) is 31.4 Å². The molecular weight excluding hydrogens is 583 g/mol. The van der Waals surface area contributed by atoms with Crippen molar-refractivity contribution >= 4 is 17.6 Å². The molecule has 1 aliphatic carbocycles. The van der Waals surface area contributed by atoms with Gasteiger partial charge in [-0.05, 0) is 103 Å². The van der Waals surface area contributed by atoms with Crippen LogP contribution in [0.4, 0.5) is 18.0 Å². The van der Waals surface area contributed by atoms with Gasteiger partial charge in [0.25, 0.3) is 0 Å². The third kappa shape index (κ3) is 6.72. The fraction of sp³-hybridized carbons (Fsp3) is 0.389. The van der Waals surface area contributed by atoms with Gasteiger partial charge in [0.15, 0.2) is 0 Å². The van der Waals surface area contributed by atoms with E-state index in [2.05, 4.69) is 19.9 Å². The van der Waals surface area contributed by atoms with Crippen LogP contribution in [0.25, 0.3) is 16.7 Å². The molecule has 3 aromatic carbocycles. The minimum atomic E-state index is -4.50. The summed E-state index contributed by atoms with van der Waals surface area (Å²) in [6, 6.07) is 16.5. The third-order valence-corrected chi connectivity index (χ3v) is 8.84. The monoisotopic (exact) mass is 621 g/mol. The van der Waals surface area contributed by atoms with Gasteiger partial charge in [0, 0.05) is 12.1 Å². The van der Waals surface area contributed by atoms with Crippen molar-refractivity contribution in [2.45, 2.75) is 65.3 Å². The quantitative estimate of drug-likeness (QED) is 0.246. The smallest absolute Gasteiger partial charge is 0.416 e. The lowest BCUT2D eigenvalue weighted by Crippen LogP contribution is -2.35. The van der Waals surface area contributed by atoms with Gasteiger partial charge in [-0.2, -0.15) is 13.2 Å². The van der Waals surface area contributed by atoms with E-state index in [9.17, 15) is 22.8 Å². The molecule has 5 rings (SSSR count). The topological polar surface area (TPSA) is 65.1 Å². The van der Waals surface area contributed by atoms with Gasteiger partial charge in [-0.1, -0.05) is 43.7 Å². The van der Waals surface area contributed by atoms with Crippen molar-refractivity contribution in [1.82, 2.24) is 4.90 Å². The lowest BCUT2D eigenvalue weighted by Gasteiger charge is -2.36. The van der Waals surface area contributed by atoms with Gasteiger partial charge in [-0.15, -0.1) is 0 Å². The number of nitrogens with zero attached hydrogens (tertiary/aromatic N) is 1. The number of carbonyl (C=O) groups is 2. The van der Waals surface area contributed by atoms with E-state index in [0.717, 1.165) is 59.2 Å². The Balaban J connectivity index is 1.51. The Kier molecular flexibility index (Phi) is 8.75. The molecule has 45 heavy (non-hydrogen) atoms. The highest BCUT2D eigenvalue weighted by atomic mass is 19.4. The molecule has 6 nitrogen and oxygen atoms in total. The number of carbonyl (C=O) groups excluding carboxylic acids is 2. The first-order valence-corrected chi connectivity index (χ1v) is 14.9. The first-order valence-electron chi connectivity index (χ1n) is 14.9. The molecule has 238 valence electrons. The maximum atomic E-state index is 13.6. The van der Waals surface area contributed by atoms with Crippen molar-refractivity contribution in [1.29, 1.82) is 0 Å². The molecule has 0 bridgehead atoms. The lowest BCUT2D eigenvalue weighted by atomic mass is 9.72. The Morgan fingerprint density at radius 3 is 2.36 bits per heavy atom. The Hall–Kier alpha value is -4.27. The van der Waals surface area contributed by atoms with Crippen LogP contribution in [-0.2, 0) is 15.7 Å². The molecule has 0 aromatic heterocycles. The number of hydrogen-bond donors (Lipinski definition) is 0. The van der Waals surface area contributed by atoms with Crippen LogP contribution in [0.2, 0.25) is 0 Å². The molecule has 3 aromatic rings. The van der Waals surface area contributed by atoms with Crippen LogP contribution in [0.1, 0.15) is 78.7 Å². The van der Waals surface area contributed by atoms with Gasteiger partial charge in [-0.25, -0.2) is 9.59 Å². The third-order valence-electron chi connectivity index (χ3n) is 8.84. The van der Waals surface area contributed by atoms with Gasteiger partial charge in [0.1, 0.15) is 11.9 Å². The van der Waals surface area contributed by atoms with Gasteiger partial charge >= 0.3 is 18.2 Å². The van der Waals surface area contributed by atoms with E-state index in [1.807, 2.05) is 31.2 Å². The van der Waals surface area contributed by atoms with Crippen LogP contribution in [-0.4, -0.2) is 43.8 Å². The van der Waals surface area contributed by atoms with E-state index in [1.165, 1.54) is 7.11 Å². The van der Waals surface area contributed by atoms with E-state index < -0.39 is 35.9 Å². The second kappa shape index (κ2) is 12.3. The number of hydrogen-bond acceptors (Lipinski definition) is 5. The van der Waals surface area contributed by atoms with E-state index in [0.29, 0.717) is 22.4 Å². The van der Waals surface area contributed by atoms with Crippen LogP contribution in [0, 0.1) is 12.3 Å². The van der Waals surface area contributed by atoms with E-state index in [1.54, 1.807) is 37.1 Å². The summed E-state index contributed by atoms with van der Waals surface area (Å²) in [5.74, 6) is 0.295. The zero-order chi connectivity index (χ0) is 32.7. The standard InChI is InChI=1S/C36H38F3NO5/c1-21-15-26(17-28(16-21)36(37,38)39)32-22(2)40(34(42)45-32)20-27-19-35(3,4)14-13-29(27)30-18-25(11-12-31(30)43-5)23-7-9-24(10-8-23)33(41)44-6/h7-12,15-18,22,32H,13-14,19-20H2,1-6H3/t22-,32-/m0/s1. The fourth-order valence-electron chi connectivity index (χ4n) is 6.44. The molecular formula is C36H38F3NO5. The number of alkyl halides is 3. The van der Waals surface area contributed by atoms with Gasteiger partial charge in [0.2, 0.25) is 0 Å². The largest absolute Gasteiger partial charge is 0.496 e. The molecule has 2 atom stereocenters. The van der Waals surface area contributed by atoms with Crippen molar-refractivity contribution in [3.8, 4) is 16.9 Å². The first-order chi connectivity index (χ1) is 21.2. The maximum Gasteiger partial charge on any atom is 0.416 e. The Morgan fingerprint density at radius 2 is 1.71 bits per heavy atom. The van der Waals surface area contributed by atoms with E-state index in [-0.39, 0.29) is 12.0 Å². The number of cyclic esters (lactones) is 1. The first kappa shape index (κ1) is 32.1. The highest BCUT2D eigenvalue weighted by molar-refractivity contribution is 5.90. The van der Waals surface area contributed by atoms with Crippen molar-refractivity contribution < 1.29 is 37.0 Å². The van der Waals surface area contributed by atoms with E-state index >= 15 is 0 Å². The number of amides is 1. The van der Waals surface area contributed by atoms with Crippen LogP contribution in [0.15, 0.2) is 66.2 Å². The molecule has 1 saturated heterocycles. The average Bonchev–Trinajstić information content (AvgIpc) is 3.28. The lowest BCUT2D eigenvalue weighted by molar-refractivity contribution is -0.137. The summed E-state index contributed by atoms with van der Waals surface area (Å²) in [5, 5.41) is 0. The predicted octanol–water partition coefficient (Wildman–Crippen LogP) is 9.02. The second-order valence-electron chi connectivity index (χ2n) is 12.7. The summed E-state index contributed by atoms with van der Waals surface area (Å²) in [4.78, 5) is 26.8. The molecule has 0 saturated carbocycles. The summed E-state index contributed by atoms with van der Waals surface area (Å²) in [6.45, 7) is 8.10. The van der Waals surface area contributed by atoms with Crippen LogP contribution >= 0.6 is 0 Å². The summed E-state index contributed by atoms with van der Waals surface area (Å²) >= 11 is 0. The number of benzene rings is 3. The summed E-state index contributed by atoms with van der Waals surface area (Å²) in [7, 11) is 2.97. The van der Waals surface area contributed by atoms with Gasteiger partial charge in [-0.3, -0.25) is 4.90 Å². The molecule has 1 fully saturated rings. The maximum absolute atomic E-state index is 13.6. The number of rotatable bonds is 7. The molecule has 2 aliphatic rings. The van der Waals surface area contributed by atoms with Crippen LogP contribution in [0.3, 0.4) is 0 Å². The Morgan fingerprint density at radius 1 is 1.02 bits per heavy atom. The number of methoxy groups -OCH3 is 2. The molecule has 9 heteroatoms. The number of esters is 1. The average molecular weight is 622 g/mol. The number of ether oxygens (including phenoxy) is 3. The Bertz CT molecular complexity index is 1640. The number of aryl methyl sites for hydroxylation is 1. The number of halogens is 3. The molecule has 0 radical (unpaired) electrons. The van der Waals surface area contributed by atoms with Crippen LogP contribution < -0.4 is 4.74 Å². The van der Waals surface area contributed by atoms with E-state index in [4.69, 9.17) is 14.2 Å². The normalized spacial score (nSPS) is 19.8. The highest BCUT2D eigenvalue weighted by Crippen LogP contribution is 2.46. The fourth-order valence-corrected chi connectivity index (χ4v) is 6.44. The summed E-state index contributed by atoms with van der Waals surface area (Å²) in [5.41, 5.74) is 5.38. The van der Waals surface area contributed by atoms with Crippen LogP contribution in [0.5, 0.6) is 5.75 Å². The summed E-state index contributed by atoms with van der Waals surface area (Å²) in [6.07, 6.45) is -3.46. The molecule has 1 amide bonds. The molecule has 0 unspecified atom stereocenters. The zero-order valence-electron chi connectivity index (χ0n) is 26.4. The number of allylic oxidation sites excluding steroid dienone is 1. The van der Waals surface area contributed by atoms with Crippen molar-refractivity contribution in [3.05, 3.63) is 94.1 Å². The van der Waals surface area contributed by atoms with Crippen molar-refractivity contribution in [3.63, 3.8) is 0 Å². The molecule has 1 aliphatic heterocycles. The zero-order valence-corrected chi connectivity index (χ0v) is 26.4. The second-order valence-corrected chi connectivity index (χ2v) is 12.7.